The van der Waals surface area contributed by atoms with Gasteiger partial charge < -0.3 is 25.0 Å². The maximum Gasteiger partial charge on any atom is 0.408 e. The highest BCUT2D eigenvalue weighted by atomic mass is 16.6. The van der Waals surface area contributed by atoms with Crippen molar-refractivity contribution in [2.45, 2.75) is 32.4 Å². The Kier molecular flexibility index (Phi) is 5.34. The molecule has 2 atom stereocenters. The number of ether oxygens (including phenoxy) is 2. The minimum Gasteiger partial charge on any atom is -0.494 e. The lowest BCUT2D eigenvalue weighted by Crippen LogP contribution is -2.36. The highest BCUT2D eigenvalue weighted by molar-refractivity contribution is 6.04. The molecule has 11 heteroatoms. The van der Waals surface area contributed by atoms with Gasteiger partial charge in [-0.2, -0.15) is 5.10 Å². The second-order valence-corrected chi connectivity index (χ2v) is 9.64. The number of aromatic nitrogens is 4. The number of fused-ring (bicyclic) bond motifs is 2. The lowest BCUT2D eigenvalue weighted by atomic mass is 10.2. The van der Waals surface area contributed by atoms with Gasteiger partial charge in [0.05, 0.1) is 36.7 Å². The maximum atomic E-state index is 12.8. The van der Waals surface area contributed by atoms with Crippen LogP contribution in [0.3, 0.4) is 0 Å². The molecule has 0 bridgehead atoms. The lowest BCUT2D eigenvalue weighted by molar-refractivity contribution is 0.0522. The Morgan fingerprint density at radius 2 is 1.97 bits per heavy atom. The third-order valence-electron chi connectivity index (χ3n) is 5.80. The zero-order valence-electron chi connectivity index (χ0n) is 20.2. The van der Waals surface area contributed by atoms with Gasteiger partial charge in [-0.05, 0) is 32.4 Å². The summed E-state index contributed by atoms with van der Waals surface area (Å²) in [7, 11) is 3.37. The minimum atomic E-state index is -0.533. The number of aryl methyl sites for hydroxylation is 1. The van der Waals surface area contributed by atoms with Crippen LogP contribution in [0.5, 0.6) is 5.75 Å². The van der Waals surface area contributed by atoms with Crippen LogP contribution in [0, 0.1) is 5.92 Å². The molecule has 1 fully saturated rings. The van der Waals surface area contributed by atoms with Crippen molar-refractivity contribution >= 4 is 34.4 Å². The molecule has 1 saturated carbocycles. The van der Waals surface area contributed by atoms with Gasteiger partial charge in [-0.25, -0.2) is 14.8 Å². The second-order valence-electron chi connectivity index (χ2n) is 9.64. The lowest BCUT2D eigenvalue weighted by Gasteiger charge is -2.21. The SMILES string of the molecule is COc1cc2nn(C)cc2cc1NC(=O)c1cnc(N2C=C3C(C2)C3NC(=O)OC(C)(C)C)cn1. The van der Waals surface area contributed by atoms with Crippen molar-refractivity contribution in [3.8, 4) is 5.75 Å². The molecule has 3 heterocycles. The van der Waals surface area contributed by atoms with E-state index in [0.29, 0.717) is 23.8 Å². The van der Waals surface area contributed by atoms with Crippen molar-refractivity contribution in [2.24, 2.45) is 13.0 Å². The average Bonchev–Trinajstić information content (AvgIpc) is 3.12. The number of benzene rings is 1. The van der Waals surface area contributed by atoms with Gasteiger partial charge in [-0.1, -0.05) is 0 Å². The van der Waals surface area contributed by atoms with Gasteiger partial charge in [0.15, 0.2) is 5.82 Å². The summed E-state index contributed by atoms with van der Waals surface area (Å²) in [6.07, 6.45) is 6.41. The predicted molar refractivity (Wildman–Crippen MR) is 129 cm³/mol. The molecule has 2 aliphatic rings. The number of nitrogens with one attached hydrogen (secondary N) is 2. The van der Waals surface area contributed by atoms with Crippen LogP contribution in [0.1, 0.15) is 31.3 Å². The summed E-state index contributed by atoms with van der Waals surface area (Å²) in [5.41, 5.74) is 2.07. The number of methoxy groups -OCH3 is 1. The van der Waals surface area contributed by atoms with Crippen molar-refractivity contribution in [1.29, 1.82) is 0 Å². The Morgan fingerprint density at radius 1 is 1.17 bits per heavy atom. The van der Waals surface area contributed by atoms with Gasteiger partial charge in [0, 0.05) is 43.4 Å². The van der Waals surface area contributed by atoms with Gasteiger partial charge in [-0.15, -0.1) is 0 Å². The van der Waals surface area contributed by atoms with Crippen LogP contribution in [0.15, 0.2) is 42.5 Å². The van der Waals surface area contributed by atoms with Gasteiger partial charge in [0.2, 0.25) is 0 Å². The van der Waals surface area contributed by atoms with E-state index in [1.165, 1.54) is 13.3 Å². The Hall–Kier alpha value is -4.15. The van der Waals surface area contributed by atoms with E-state index in [2.05, 4.69) is 25.7 Å². The molecule has 1 aliphatic carbocycles. The first kappa shape index (κ1) is 22.6. The first-order valence-corrected chi connectivity index (χ1v) is 11.2. The van der Waals surface area contributed by atoms with E-state index in [9.17, 15) is 9.59 Å². The molecule has 2 N–H and O–H groups in total. The second kappa shape index (κ2) is 8.26. The fourth-order valence-electron chi connectivity index (χ4n) is 4.16. The van der Waals surface area contributed by atoms with Crippen LogP contribution in [0.25, 0.3) is 10.9 Å². The molecule has 0 radical (unpaired) electrons. The number of carbonyl (C=O) groups is 2. The third kappa shape index (κ3) is 4.61. The standard InChI is InChI=1S/C24H27N7O4/c1-24(2,3)35-23(33)28-21-14-11-31(12-15(14)21)20-9-25-18(8-26-20)22(32)27-17-6-13-10-30(4)29-16(13)7-19(17)34-5/h6-11,15,21H,12H2,1-5H3,(H,27,32)(H,28,33). The molecule has 3 aromatic rings. The first-order chi connectivity index (χ1) is 16.6. The van der Waals surface area contributed by atoms with Crippen molar-refractivity contribution < 1.29 is 19.1 Å². The van der Waals surface area contributed by atoms with Crippen molar-refractivity contribution in [3.05, 3.63) is 48.2 Å². The van der Waals surface area contributed by atoms with Crippen molar-refractivity contribution in [3.63, 3.8) is 0 Å². The van der Waals surface area contributed by atoms with Crippen molar-refractivity contribution in [1.82, 2.24) is 25.1 Å². The maximum absolute atomic E-state index is 12.8. The summed E-state index contributed by atoms with van der Waals surface area (Å²) in [5, 5.41) is 11.0. The molecular formula is C24H27N7O4. The molecule has 35 heavy (non-hydrogen) atoms. The molecule has 11 nitrogen and oxygen atoms in total. The number of hydrogen-bond donors (Lipinski definition) is 2. The molecule has 182 valence electrons. The quantitative estimate of drug-likeness (QED) is 0.575. The van der Waals surface area contributed by atoms with E-state index in [0.717, 1.165) is 16.5 Å². The summed E-state index contributed by atoms with van der Waals surface area (Å²) >= 11 is 0. The summed E-state index contributed by atoms with van der Waals surface area (Å²) in [6, 6.07) is 3.58. The third-order valence-corrected chi connectivity index (χ3v) is 5.80. The van der Waals surface area contributed by atoms with E-state index in [1.807, 2.05) is 51.2 Å². The van der Waals surface area contributed by atoms with E-state index in [-0.39, 0.29) is 17.7 Å². The fourth-order valence-corrected chi connectivity index (χ4v) is 4.16. The molecule has 1 aliphatic heterocycles. The van der Waals surface area contributed by atoms with Gasteiger partial charge in [-0.3, -0.25) is 9.48 Å². The molecular weight excluding hydrogens is 450 g/mol. The summed E-state index contributed by atoms with van der Waals surface area (Å²) in [6.45, 7) is 6.18. The Balaban J connectivity index is 1.22. The topological polar surface area (TPSA) is 124 Å². The van der Waals surface area contributed by atoms with Crippen LogP contribution < -0.4 is 20.3 Å². The number of amides is 2. The molecule has 2 aromatic heterocycles. The van der Waals surface area contributed by atoms with E-state index >= 15 is 0 Å². The largest absolute Gasteiger partial charge is 0.494 e. The molecule has 1 aromatic carbocycles. The van der Waals surface area contributed by atoms with Gasteiger partial charge in [0.25, 0.3) is 5.91 Å². The monoisotopic (exact) mass is 477 g/mol. The zero-order valence-corrected chi connectivity index (χ0v) is 20.2. The van der Waals surface area contributed by atoms with Gasteiger partial charge in [0.1, 0.15) is 17.0 Å². The van der Waals surface area contributed by atoms with Crippen molar-refractivity contribution in [2.75, 3.05) is 23.9 Å². The molecule has 5 rings (SSSR count). The average molecular weight is 478 g/mol. The number of carbonyl (C=O) groups excluding carboxylic acids is 2. The predicted octanol–water partition coefficient (Wildman–Crippen LogP) is 2.85. The number of hydrogen-bond acceptors (Lipinski definition) is 8. The summed E-state index contributed by atoms with van der Waals surface area (Å²) < 4.78 is 12.4. The highest BCUT2D eigenvalue weighted by Crippen LogP contribution is 2.45. The number of alkyl carbamates (subject to hydrolysis) is 1. The normalized spacial score (nSPS) is 18.7. The Morgan fingerprint density at radius 3 is 2.60 bits per heavy atom. The van der Waals surface area contributed by atoms with Crippen LogP contribution in [0.2, 0.25) is 0 Å². The molecule has 0 spiro atoms. The van der Waals surface area contributed by atoms with Crippen LogP contribution in [0.4, 0.5) is 16.3 Å². The summed E-state index contributed by atoms with van der Waals surface area (Å²) in [5.74, 6) is 0.968. The number of anilines is 2. The van der Waals surface area contributed by atoms with E-state index < -0.39 is 17.6 Å². The van der Waals surface area contributed by atoms with Crippen LogP contribution in [-0.2, 0) is 11.8 Å². The molecule has 2 amide bonds. The van der Waals surface area contributed by atoms with Gasteiger partial charge >= 0.3 is 6.09 Å². The number of nitrogens with zero attached hydrogens (tertiary/aromatic N) is 5. The summed E-state index contributed by atoms with van der Waals surface area (Å²) in [4.78, 5) is 35.4. The van der Waals surface area contributed by atoms with E-state index in [4.69, 9.17) is 9.47 Å². The fraction of sp³-hybridized carbons (Fsp3) is 0.375. The highest BCUT2D eigenvalue weighted by Gasteiger charge is 2.50. The number of rotatable bonds is 5. The van der Waals surface area contributed by atoms with Crippen LogP contribution in [-0.4, -0.2) is 57.0 Å². The zero-order chi connectivity index (χ0) is 24.9. The first-order valence-electron chi connectivity index (χ1n) is 11.2. The Labute approximate surface area is 202 Å². The Bertz CT molecular complexity index is 1340. The smallest absolute Gasteiger partial charge is 0.408 e. The molecule has 2 unspecified atom stereocenters. The minimum absolute atomic E-state index is 0.00811. The van der Waals surface area contributed by atoms with E-state index in [1.54, 1.807) is 16.9 Å². The molecule has 0 saturated heterocycles. The van der Waals surface area contributed by atoms with Crippen LogP contribution >= 0.6 is 0 Å².